The molecule has 1 aliphatic heterocycles. The van der Waals surface area contributed by atoms with Gasteiger partial charge >= 0.3 is 12.1 Å². The van der Waals surface area contributed by atoms with Crippen LogP contribution in [0.25, 0.3) is 0 Å². The molecule has 1 heterocycles. The highest BCUT2D eigenvalue weighted by atomic mass is 16.6. The number of nitrogens with two attached hydrogens (primary N) is 1. The largest absolute Gasteiger partial charge is 0.508 e. The summed E-state index contributed by atoms with van der Waals surface area (Å²) in [7, 11) is 0. The van der Waals surface area contributed by atoms with Crippen LogP contribution in [0.1, 0.15) is 195 Å². The van der Waals surface area contributed by atoms with Gasteiger partial charge in [-0.15, -0.1) is 0 Å². The highest BCUT2D eigenvalue weighted by Gasteiger charge is 2.58. The second-order valence-electron chi connectivity index (χ2n) is 33.1. The maximum atomic E-state index is 14.8. The predicted molar refractivity (Wildman–Crippen MR) is 442 cm³/mol. The van der Waals surface area contributed by atoms with E-state index in [4.69, 9.17) is 34.2 Å². The van der Waals surface area contributed by atoms with Gasteiger partial charge in [0.1, 0.15) is 42.1 Å². The van der Waals surface area contributed by atoms with Gasteiger partial charge in [-0.3, -0.25) is 43.2 Å². The maximum absolute atomic E-state index is 14.8. The van der Waals surface area contributed by atoms with Crippen molar-refractivity contribution in [2.75, 3.05) is 101 Å². The van der Waals surface area contributed by atoms with Crippen LogP contribution in [-0.2, 0) is 108 Å². The number of nitrogens with one attached hydrogen (secondary N) is 5. The first-order valence-electron chi connectivity index (χ1n) is 41.5. The van der Waals surface area contributed by atoms with E-state index in [1.807, 2.05) is 92.7 Å². The first-order valence-corrected chi connectivity index (χ1v) is 41.5. The Kier molecular flexibility index (Phi) is 32.4. The van der Waals surface area contributed by atoms with Crippen LogP contribution in [0, 0.1) is 52.3 Å². The molecule has 7 amide bonds. The van der Waals surface area contributed by atoms with Crippen molar-refractivity contribution in [3.05, 3.63) is 154 Å². The first-order chi connectivity index (χ1) is 56.2. The van der Waals surface area contributed by atoms with Crippen LogP contribution in [0.5, 0.6) is 5.75 Å². The predicted octanol–water partition coefficient (Wildman–Crippen LogP) is 12.0. The smallest absolute Gasteiger partial charge is 0.407 e. The number of urea groups is 1. The number of aryl methyl sites for hydroxylation is 2. The fourth-order valence-corrected chi connectivity index (χ4v) is 18.3. The van der Waals surface area contributed by atoms with Crippen molar-refractivity contribution in [1.29, 1.82) is 0 Å². The summed E-state index contributed by atoms with van der Waals surface area (Å²) in [6.45, 7) is 14.4. The van der Waals surface area contributed by atoms with Gasteiger partial charge in [-0.1, -0.05) is 121 Å². The molecule has 25 nitrogen and oxygen atoms in total. The molecule has 117 heavy (non-hydrogen) atoms. The Morgan fingerprint density at radius 1 is 0.564 bits per heavy atom. The Morgan fingerprint density at radius 3 is 1.80 bits per heavy atom. The molecule has 628 valence electrons. The van der Waals surface area contributed by atoms with Crippen LogP contribution >= 0.6 is 0 Å². The average molecular weight is 1610 g/mol. The monoisotopic (exact) mass is 1610 g/mol. The molecule has 2 saturated carbocycles. The maximum Gasteiger partial charge on any atom is 0.407 e. The molecule has 8 N–H and O–H groups in total. The number of aromatic hydroxyl groups is 1. The lowest BCUT2D eigenvalue weighted by Gasteiger charge is -2.56. The number of anilines is 3. The molecule has 0 spiro atoms. The SMILES string of the molecule is CC(C)[C@H](CC(=O)CCOCCOCCOCCOCCNC(=O)CCC(=O)N1Cc2ccccc2C#Cc2ccccc21)C(=O)C[C@@H](CCCNC(N)=O)C(=O)Nc1ccc(COC(=O)NCC(=O)CCOCC(=O)Nc2ccc3c(c2)[C@@]2(C)CCC[C@](C)(C(=O)CC(=O)[C@@]4(C)CCC[C@]5(C)c6cc(O)ccc6CC[C@@H]45)[C@@H]2CC3)cc1. The lowest BCUT2D eigenvalue weighted by Crippen LogP contribution is -2.55. The number of nitrogens with zero attached hydrogens (tertiary/aromatic N) is 1. The van der Waals surface area contributed by atoms with Crippen LogP contribution < -0.4 is 37.2 Å². The molecule has 0 unspecified atom stereocenters. The molecule has 0 radical (unpaired) electrons. The van der Waals surface area contributed by atoms with E-state index in [9.17, 15) is 57.8 Å². The highest BCUT2D eigenvalue weighted by Crippen LogP contribution is 2.61. The van der Waals surface area contributed by atoms with E-state index in [1.54, 1.807) is 35.2 Å². The molecular formula is C92H117N7O18. The Balaban J connectivity index is 0.562. The molecule has 5 aromatic carbocycles. The van der Waals surface area contributed by atoms with E-state index in [0.717, 1.165) is 91.3 Å². The number of phenols is 1. The number of carbonyl (C=O) groups is 11. The van der Waals surface area contributed by atoms with Crippen molar-refractivity contribution < 1.29 is 86.3 Å². The van der Waals surface area contributed by atoms with Crippen molar-refractivity contribution in [3.63, 3.8) is 0 Å². The first kappa shape index (κ1) is 89.4. The molecule has 0 bridgehead atoms. The van der Waals surface area contributed by atoms with Crippen molar-refractivity contribution >= 4 is 81.7 Å². The molecular weight excluding hydrogens is 1490 g/mol. The zero-order valence-corrected chi connectivity index (χ0v) is 68.7. The number of amides is 7. The number of Topliss-reactive ketones (excluding diaryl/α,β-unsaturated/α-hetero) is 5. The second kappa shape index (κ2) is 42.4. The van der Waals surface area contributed by atoms with Gasteiger partial charge in [0.05, 0.1) is 84.7 Å². The summed E-state index contributed by atoms with van der Waals surface area (Å²) in [6, 6.07) is 32.6. The lowest BCUT2D eigenvalue weighted by atomic mass is 9.47. The van der Waals surface area contributed by atoms with Gasteiger partial charge in [-0.05, 0) is 181 Å². The molecule has 4 aliphatic carbocycles. The van der Waals surface area contributed by atoms with E-state index >= 15 is 0 Å². The zero-order valence-electron chi connectivity index (χ0n) is 68.7. The zero-order chi connectivity index (χ0) is 83.7. The minimum Gasteiger partial charge on any atom is -0.508 e. The highest BCUT2D eigenvalue weighted by molar-refractivity contribution is 6.05. The summed E-state index contributed by atoms with van der Waals surface area (Å²) < 4.78 is 33.4. The molecule has 0 saturated heterocycles. The lowest BCUT2D eigenvalue weighted by molar-refractivity contribution is -0.146. The third-order valence-corrected chi connectivity index (χ3v) is 24.8. The van der Waals surface area contributed by atoms with Crippen molar-refractivity contribution in [2.24, 2.45) is 46.2 Å². The second-order valence-corrected chi connectivity index (χ2v) is 33.1. The van der Waals surface area contributed by atoms with Crippen LogP contribution in [0.3, 0.4) is 0 Å². The summed E-state index contributed by atoms with van der Waals surface area (Å²) in [4.78, 5) is 149. The van der Waals surface area contributed by atoms with E-state index < -0.39 is 46.6 Å². The number of primary amides is 1. The number of hydrogen-bond acceptors (Lipinski definition) is 18. The average Bonchev–Trinajstić information content (AvgIpc) is 0.721. The molecule has 5 aliphatic rings. The number of rotatable bonds is 44. The van der Waals surface area contributed by atoms with Crippen molar-refractivity contribution in [3.8, 4) is 17.6 Å². The minimum atomic E-state index is -0.843. The van der Waals surface area contributed by atoms with Crippen LogP contribution in [0.2, 0.25) is 0 Å². The molecule has 0 aromatic heterocycles. The van der Waals surface area contributed by atoms with E-state index in [-0.39, 0.29) is 192 Å². The Labute approximate surface area is 686 Å². The summed E-state index contributed by atoms with van der Waals surface area (Å²) in [5.41, 5.74) is 12.8. The summed E-state index contributed by atoms with van der Waals surface area (Å²) in [5.74, 6) is 3.01. The standard InChI is InChI=1S/C92H117N7O18/c1-61(2)74(54-72(101)35-43-112-46-48-114-50-51-115-49-47-113-45-42-94-83(106)33-34-85(108)99-58-68-16-8-7-14-63(68)21-22-66-15-9-10-18-77(66)99)78(103)52-67(17-11-41-95-87(93)110)86(109)98-69-27-19-62(20-28-69)59-117-88(111)96-57-73(102)36-44-116-60-84(107)97-70-29-23-64-25-31-79-89(3,75(64)53-70)37-12-39-91(79,5)81(104)56-82(105)92(6)40-13-38-90(4)76-55-71(100)30-24-65(76)26-32-80(90)92/h7-10,14-16,18-20,23-24,27-30,53,55,61,67,74,79-80,100H,11-13,17,25-26,31-52,54,56-60H2,1-6H3,(H,94,106)(H,96,111)(H,97,107)(H,98,109)(H3,93,95,110)/t67-,74+,79-,80-,89-,90-,91+,92+/m1/s1. The molecule has 8 atom stereocenters. The number of carbonyl (C=O) groups excluding carboxylic acids is 11. The van der Waals surface area contributed by atoms with E-state index in [1.165, 1.54) is 11.1 Å². The van der Waals surface area contributed by atoms with Gasteiger partial charge < -0.3 is 70.7 Å². The number of benzene rings is 5. The number of hydrogen-bond donors (Lipinski definition) is 7. The molecule has 2 fully saturated rings. The van der Waals surface area contributed by atoms with E-state index in [2.05, 4.69) is 66.1 Å². The number of alkyl carbamates (subject to hydrolysis) is 1. The Bertz CT molecular complexity index is 4440. The number of fused-ring (bicyclic) bond motifs is 8. The fraction of sp³-hybridized carbons (Fsp3) is 0.533. The van der Waals surface area contributed by atoms with Crippen molar-refractivity contribution in [2.45, 2.75) is 188 Å². The van der Waals surface area contributed by atoms with Crippen LogP contribution in [0.15, 0.2) is 109 Å². The minimum absolute atomic E-state index is 0.00548. The number of phenolic OH excluding ortho intramolecular Hbond substituents is 1. The number of ketones is 5. The van der Waals surface area contributed by atoms with Gasteiger partial charge in [-0.25, -0.2) is 9.59 Å². The van der Waals surface area contributed by atoms with Gasteiger partial charge in [0, 0.05) is 96.8 Å². The van der Waals surface area contributed by atoms with Gasteiger partial charge in [0.15, 0.2) is 5.78 Å². The fourth-order valence-electron chi connectivity index (χ4n) is 18.3. The third-order valence-electron chi connectivity index (χ3n) is 24.8. The molecule has 5 aromatic rings. The quantitative estimate of drug-likeness (QED) is 0.0108. The van der Waals surface area contributed by atoms with E-state index in [0.29, 0.717) is 62.8 Å². The van der Waals surface area contributed by atoms with Crippen molar-refractivity contribution in [1.82, 2.24) is 16.0 Å². The van der Waals surface area contributed by atoms with Gasteiger partial charge in [0.25, 0.3) is 0 Å². The summed E-state index contributed by atoms with van der Waals surface area (Å²) in [5, 5.41) is 24.1. The van der Waals surface area contributed by atoms with Gasteiger partial charge in [-0.2, -0.15) is 0 Å². The summed E-state index contributed by atoms with van der Waals surface area (Å²) in [6.07, 6.45) is 7.75. The number of para-hydroxylation sites is 1. The Morgan fingerprint density at radius 2 is 1.15 bits per heavy atom. The topological polar surface area (TPSA) is 353 Å². The van der Waals surface area contributed by atoms with Gasteiger partial charge in [0.2, 0.25) is 23.6 Å². The van der Waals surface area contributed by atoms with Crippen LogP contribution in [0.4, 0.5) is 26.7 Å². The normalized spacial score (nSPS) is 20.7. The van der Waals surface area contributed by atoms with Crippen LogP contribution in [-0.4, -0.2) is 155 Å². The third kappa shape index (κ3) is 24.1. The summed E-state index contributed by atoms with van der Waals surface area (Å²) >= 11 is 0. The number of ether oxygens (including phenoxy) is 6. The Hall–Kier alpha value is -9.97. The molecule has 10 rings (SSSR count). The molecule has 25 heteroatoms.